The van der Waals surface area contributed by atoms with Crippen molar-refractivity contribution in [1.29, 1.82) is 0 Å². The molecule has 2 aromatic rings. The van der Waals surface area contributed by atoms with Crippen molar-refractivity contribution in [1.82, 2.24) is 4.31 Å². The van der Waals surface area contributed by atoms with E-state index < -0.39 is 38.3 Å². The van der Waals surface area contributed by atoms with Crippen molar-refractivity contribution in [3.05, 3.63) is 54.3 Å². The van der Waals surface area contributed by atoms with E-state index >= 15 is 0 Å². The molecule has 0 heterocycles. The van der Waals surface area contributed by atoms with Gasteiger partial charge in [0.2, 0.25) is 26.0 Å². The number of nitrogens with two attached hydrogens (primary N) is 1. The minimum atomic E-state index is -3.98. The number of benzene rings is 2. The number of hydrogen-bond acceptors (Lipinski definition) is 5. The molecule has 2 aromatic carbocycles. The maximum Gasteiger partial charge on any atom is 0.243 e. The van der Waals surface area contributed by atoms with Gasteiger partial charge in [0.1, 0.15) is 5.82 Å². The SMILES string of the molecule is CN(CC(=O)Nc1cccc(S(N)(=O)=O)c1)S(=O)(=O)c1ccc(F)cc1. The molecule has 0 aliphatic heterocycles. The Morgan fingerprint density at radius 2 is 1.69 bits per heavy atom. The van der Waals surface area contributed by atoms with Gasteiger partial charge in [0.05, 0.1) is 16.3 Å². The van der Waals surface area contributed by atoms with E-state index in [4.69, 9.17) is 5.14 Å². The highest BCUT2D eigenvalue weighted by Crippen LogP contribution is 2.16. The van der Waals surface area contributed by atoms with Crippen LogP contribution in [-0.2, 0) is 24.8 Å². The molecule has 0 bridgehead atoms. The van der Waals surface area contributed by atoms with Gasteiger partial charge in [-0.05, 0) is 42.5 Å². The Labute approximate surface area is 150 Å². The number of likely N-dealkylation sites (N-methyl/N-ethyl adjacent to an activating group) is 1. The molecule has 0 unspecified atom stereocenters. The van der Waals surface area contributed by atoms with Crippen LogP contribution < -0.4 is 10.5 Å². The monoisotopic (exact) mass is 401 g/mol. The fraction of sp³-hybridized carbons (Fsp3) is 0.133. The lowest BCUT2D eigenvalue weighted by Gasteiger charge is -2.17. The maximum absolute atomic E-state index is 12.9. The van der Waals surface area contributed by atoms with Gasteiger partial charge in [-0.25, -0.2) is 26.4 Å². The van der Waals surface area contributed by atoms with Gasteiger partial charge in [-0.15, -0.1) is 0 Å². The fourth-order valence-corrected chi connectivity index (χ4v) is 3.71. The predicted octanol–water partition coefficient (Wildman–Crippen LogP) is 0.732. The number of nitrogens with one attached hydrogen (secondary N) is 1. The number of carbonyl (C=O) groups excluding carboxylic acids is 1. The van der Waals surface area contributed by atoms with E-state index in [0.29, 0.717) is 0 Å². The average Bonchev–Trinajstić information content (AvgIpc) is 2.54. The molecule has 0 aromatic heterocycles. The minimum absolute atomic E-state index is 0.147. The Bertz CT molecular complexity index is 1020. The number of amides is 1. The first-order valence-electron chi connectivity index (χ1n) is 7.15. The lowest BCUT2D eigenvalue weighted by Crippen LogP contribution is -2.35. The highest BCUT2D eigenvalue weighted by molar-refractivity contribution is 7.89. The molecule has 0 fully saturated rings. The molecular formula is C15H16FN3O5S2. The van der Waals surface area contributed by atoms with Crippen LogP contribution >= 0.6 is 0 Å². The molecule has 0 radical (unpaired) electrons. The zero-order valence-electron chi connectivity index (χ0n) is 13.6. The summed E-state index contributed by atoms with van der Waals surface area (Å²) in [6.07, 6.45) is 0. The van der Waals surface area contributed by atoms with Gasteiger partial charge >= 0.3 is 0 Å². The van der Waals surface area contributed by atoms with Gasteiger partial charge in [0.15, 0.2) is 0 Å². The van der Waals surface area contributed by atoms with Crippen molar-refractivity contribution in [3.63, 3.8) is 0 Å². The number of carbonyl (C=O) groups is 1. The molecule has 0 saturated carbocycles. The molecule has 8 nitrogen and oxygen atoms in total. The molecule has 11 heteroatoms. The molecule has 0 aliphatic rings. The zero-order chi connectivity index (χ0) is 19.5. The molecule has 2 rings (SSSR count). The summed E-state index contributed by atoms with van der Waals surface area (Å²) in [6, 6.07) is 9.41. The van der Waals surface area contributed by atoms with Crippen LogP contribution in [0.25, 0.3) is 0 Å². The first kappa shape index (κ1) is 20.0. The van der Waals surface area contributed by atoms with E-state index in [1.165, 1.54) is 25.2 Å². The predicted molar refractivity (Wildman–Crippen MR) is 92.7 cm³/mol. The third-order valence-electron chi connectivity index (χ3n) is 3.33. The number of rotatable bonds is 6. The second kappa shape index (κ2) is 7.50. The molecule has 26 heavy (non-hydrogen) atoms. The minimum Gasteiger partial charge on any atom is -0.325 e. The van der Waals surface area contributed by atoms with Crippen LogP contribution in [0, 0.1) is 5.82 Å². The van der Waals surface area contributed by atoms with Gasteiger partial charge in [-0.3, -0.25) is 4.79 Å². The summed E-state index contributed by atoms with van der Waals surface area (Å²) in [4.78, 5) is 11.7. The molecule has 0 aliphatic carbocycles. The van der Waals surface area contributed by atoms with Gasteiger partial charge < -0.3 is 5.32 Å². The zero-order valence-corrected chi connectivity index (χ0v) is 15.2. The van der Waals surface area contributed by atoms with Gasteiger partial charge in [-0.1, -0.05) is 6.07 Å². The van der Waals surface area contributed by atoms with Crippen LogP contribution in [0.1, 0.15) is 0 Å². The molecule has 0 saturated heterocycles. The largest absolute Gasteiger partial charge is 0.325 e. The summed E-state index contributed by atoms with van der Waals surface area (Å²) in [5.74, 6) is -1.27. The van der Waals surface area contributed by atoms with Crippen LogP contribution in [0.15, 0.2) is 58.3 Å². The second-order valence-electron chi connectivity index (χ2n) is 5.34. The first-order chi connectivity index (χ1) is 12.0. The van der Waals surface area contributed by atoms with Crippen molar-refractivity contribution < 1.29 is 26.0 Å². The van der Waals surface area contributed by atoms with E-state index in [1.54, 1.807) is 0 Å². The molecular weight excluding hydrogens is 385 g/mol. The maximum atomic E-state index is 12.9. The van der Waals surface area contributed by atoms with Gasteiger partial charge in [-0.2, -0.15) is 4.31 Å². The Hall–Kier alpha value is -2.34. The van der Waals surface area contributed by atoms with E-state index in [-0.39, 0.29) is 15.5 Å². The number of anilines is 1. The summed E-state index contributed by atoms with van der Waals surface area (Å²) >= 11 is 0. The number of primary sulfonamides is 1. The molecule has 3 N–H and O–H groups in total. The third-order valence-corrected chi connectivity index (χ3v) is 6.06. The number of hydrogen-bond donors (Lipinski definition) is 2. The second-order valence-corrected chi connectivity index (χ2v) is 8.94. The Balaban J connectivity index is 2.11. The van der Waals surface area contributed by atoms with Gasteiger partial charge in [0.25, 0.3) is 0 Å². The summed E-state index contributed by atoms with van der Waals surface area (Å²) in [7, 11) is -6.73. The topological polar surface area (TPSA) is 127 Å². The molecule has 0 spiro atoms. The fourth-order valence-electron chi connectivity index (χ4n) is 2.03. The van der Waals surface area contributed by atoms with E-state index in [2.05, 4.69) is 5.32 Å². The lowest BCUT2D eigenvalue weighted by molar-refractivity contribution is -0.116. The Morgan fingerprint density at radius 3 is 2.27 bits per heavy atom. The normalized spacial score (nSPS) is 12.2. The van der Waals surface area contributed by atoms with Crippen molar-refractivity contribution in [2.24, 2.45) is 5.14 Å². The Morgan fingerprint density at radius 1 is 1.08 bits per heavy atom. The number of halogens is 1. The van der Waals surface area contributed by atoms with Crippen LogP contribution in [-0.4, -0.2) is 40.6 Å². The number of sulfonamides is 2. The standard InChI is InChI=1S/C15H16FN3O5S2/c1-19(26(23,24)13-7-5-11(16)6-8-13)10-15(20)18-12-3-2-4-14(9-12)25(17,21)22/h2-9H,10H2,1H3,(H,18,20)(H2,17,21,22). The van der Waals surface area contributed by atoms with Crippen LogP contribution in [0.2, 0.25) is 0 Å². The van der Waals surface area contributed by atoms with E-state index in [0.717, 1.165) is 34.6 Å². The van der Waals surface area contributed by atoms with Crippen molar-refractivity contribution in [2.45, 2.75) is 9.79 Å². The van der Waals surface area contributed by atoms with Crippen LogP contribution in [0.4, 0.5) is 10.1 Å². The molecule has 140 valence electrons. The summed E-state index contributed by atoms with van der Waals surface area (Å²) in [5.41, 5.74) is 0.147. The van der Waals surface area contributed by atoms with Crippen LogP contribution in [0.3, 0.4) is 0 Å². The number of nitrogens with zero attached hydrogens (tertiary/aromatic N) is 1. The first-order valence-corrected chi connectivity index (χ1v) is 10.1. The van der Waals surface area contributed by atoms with Gasteiger partial charge in [0, 0.05) is 12.7 Å². The summed E-state index contributed by atoms with van der Waals surface area (Å²) < 4.78 is 61.0. The van der Waals surface area contributed by atoms with Crippen LogP contribution in [0.5, 0.6) is 0 Å². The lowest BCUT2D eigenvalue weighted by atomic mass is 10.3. The molecule has 0 atom stereocenters. The average molecular weight is 401 g/mol. The quantitative estimate of drug-likeness (QED) is 0.738. The smallest absolute Gasteiger partial charge is 0.243 e. The van der Waals surface area contributed by atoms with Crippen molar-refractivity contribution in [3.8, 4) is 0 Å². The highest BCUT2D eigenvalue weighted by atomic mass is 32.2. The van der Waals surface area contributed by atoms with Crippen molar-refractivity contribution in [2.75, 3.05) is 18.9 Å². The third kappa shape index (κ3) is 4.85. The molecule has 1 amide bonds. The van der Waals surface area contributed by atoms with E-state index in [1.807, 2.05) is 0 Å². The summed E-state index contributed by atoms with van der Waals surface area (Å²) in [5, 5.41) is 7.41. The van der Waals surface area contributed by atoms with E-state index in [9.17, 15) is 26.0 Å². The summed E-state index contributed by atoms with van der Waals surface area (Å²) in [6.45, 7) is -0.528. The Kier molecular flexibility index (Phi) is 5.76. The van der Waals surface area contributed by atoms with Crippen molar-refractivity contribution >= 4 is 31.6 Å². The highest BCUT2D eigenvalue weighted by Gasteiger charge is 2.23.